The molecule has 1 fully saturated rings. The van der Waals surface area contributed by atoms with E-state index >= 15 is 0 Å². The molecule has 0 spiro atoms. The molecule has 1 rings (SSSR count). The number of halogens is 1. The zero-order valence-corrected chi connectivity index (χ0v) is 7.28. The van der Waals surface area contributed by atoms with Crippen LogP contribution >= 0.6 is 10.7 Å². The molecule has 0 aromatic rings. The van der Waals surface area contributed by atoms with Crippen molar-refractivity contribution < 1.29 is 18.0 Å². The Morgan fingerprint density at radius 2 is 2.00 bits per heavy atom. The summed E-state index contributed by atoms with van der Waals surface area (Å²) in [7, 11) is 0.962. The zero-order valence-electron chi connectivity index (χ0n) is 5.70. The zero-order chi connectivity index (χ0) is 9.35. The Bertz CT molecular complexity index is 324. The van der Waals surface area contributed by atoms with Crippen LogP contribution < -0.4 is 10.6 Å². The smallest absolute Gasteiger partial charge is 0.321 e. The highest BCUT2D eigenvalue weighted by Crippen LogP contribution is 2.08. The summed E-state index contributed by atoms with van der Waals surface area (Å²) in [6, 6.07) is -0.712. The fourth-order valence-corrected chi connectivity index (χ4v) is 1.77. The van der Waals surface area contributed by atoms with Crippen molar-refractivity contribution in [1.82, 2.24) is 10.6 Å². The van der Waals surface area contributed by atoms with Crippen LogP contribution in [0.25, 0.3) is 0 Å². The number of nitrogens with one attached hydrogen (secondary N) is 2. The van der Waals surface area contributed by atoms with Gasteiger partial charge in [-0.1, -0.05) is 0 Å². The molecule has 0 saturated carbocycles. The summed E-state index contributed by atoms with van der Waals surface area (Å²) in [5.74, 6) is -0.895. The first-order valence-corrected chi connectivity index (χ1v) is 5.30. The minimum atomic E-state index is -3.95. The second-order valence-electron chi connectivity index (χ2n) is 2.16. The second-order valence-corrected chi connectivity index (χ2v) is 4.97. The SMILES string of the molecule is O=C1NCC(S(=O)(=O)Cl)C(=O)N1. The van der Waals surface area contributed by atoms with Crippen molar-refractivity contribution in [1.29, 1.82) is 0 Å². The summed E-state index contributed by atoms with van der Waals surface area (Å²) >= 11 is 0. The highest BCUT2D eigenvalue weighted by molar-refractivity contribution is 8.14. The van der Waals surface area contributed by atoms with Crippen LogP contribution in [0.2, 0.25) is 0 Å². The molecular weight excluding hydrogens is 208 g/mol. The van der Waals surface area contributed by atoms with Gasteiger partial charge in [0.2, 0.25) is 15.0 Å². The molecule has 8 heteroatoms. The van der Waals surface area contributed by atoms with Gasteiger partial charge in [-0.25, -0.2) is 13.2 Å². The monoisotopic (exact) mass is 212 g/mol. The molecule has 0 bridgehead atoms. The molecule has 1 aliphatic heterocycles. The van der Waals surface area contributed by atoms with Gasteiger partial charge in [-0.15, -0.1) is 0 Å². The van der Waals surface area contributed by atoms with E-state index in [0.29, 0.717) is 0 Å². The lowest BCUT2D eigenvalue weighted by Crippen LogP contribution is -2.56. The van der Waals surface area contributed by atoms with E-state index < -0.39 is 26.2 Å². The van der Waals surface area contributed by atoms with Crippen LogP contribution in [-0.4, -0.2) is 32.2 Å². The van der Waals surface area contributed by atoms with Crippen LogP contribution in [0, 0.1) is 0 Å². The largest absolute Gasteiger partial charge is 0.336 e. The van der Waals surface area contributed by atoms with E-state index in [1.807, 2.05) is 0 Å². The average molecular weight is 213 g/mol. The lowest BCUT2D eigenvalue weighted by molar-refractivity contribution is -0.120. The topological polar surface area (TPSA) is 92.3 Å². The fraction of sp³-hybridized carbons (Fsp3) is 0.500. The van der Waals surface area contributed by atoms with E-state index in [1.165, 1.54) is 0 Å². The first-order valence-electron chi connectivity index (χ1n) is 2.93. The fourth-order valence-electron chi connectivity index (χ4n) is 0.742. The van der Waals surface area contributed by atoms with E-state index in [-0.39, 0.29) is 6.54 Å². The van der Waals surface area contributed by atoms with Gasteiger partial charge >= 0.3 is 6.03 Å². The van der Waals surface area contributed by atoms with E-state index in [9.17, 15) is 18.0 Å². The maximum absolute atomic E-state index is 10.8. The first kappa shape index (κ1) is 9.27. The molecule has 1 atom stereocenters. The molecule has 12 heavy (non-hydrogen) atoms. The van der Waals surface area contributed by atoms with Crippen LogP contribution in [0.5, 0.6) is 0 Å². The highest BCUT2D eigenvalue weighted by Gasteiger charge is 2.35. The number of carbonyl (C=O) groups excluding carboxylic acids is 2. The predicted octanol–water partition coefficient (Wildman–Crippen LogP) is -1.24. The maximum Gasteiger partial charge on any atom is 0.321 e. The minimum Gasteiger partial charge on any atom is -0.336 e. The van der Waals surface area contributed by atoms with Gasteiger partial charge < -0.3 is 5.32 Å². The summed E-state index contributed by atoms with van der Waals surface area (Å²) in [6.07, 6.45) is 0. The molecule has 1 saturated heterocycles. The number of hydrogen-bond donors (Lipinski definition) is 2. The number of hydrogen-bond acceptors (Lipinski definition) is 4. The third-order valence-electron chi connectivity index (χ3n) is 1.32. The van der Waals surface area contributed by atoms with Gasteiger partial charge in [0.1, 0.15) is 0 Å². The van der Waals surface area contributed by atoms with E-state index in [2.05, 4.69) is 5.32 Å². The lowest BCUT2D eigenvalue weighted by Gasteiger charge is -2.18. The van der Waals surface area contributed by atoms with Crippen LogP contribution in [-0.2, 0) is 13.8 Å². The molecule has 3 amide bonds. The average Bonchev–Trinajstić information content (AvgIpc) is 1.83. The van der Waals surface area contributed by atoms with E-state index in [4.69, 9.17) is 10.7 Å². The number of urea groups is 1. The Kier molecular flexibility index (Phi) is 2.25. The van der Waals surface area contributed by atoms with Crippen molar-refractivity contribution in [3.05, 3.63) is 0 Å². The molecule has 0 radical (unpaired) electrons. The molecule has 0 aromatic heterocycles. The van der Waals surface area contributed by atoms with Crippen LogP contribution in [0.1, 0.15) is 0 Å². The van der Waals surface area contributed by atoms with Gasteiger partial charge in [-0.2, -0.15) is 0 Å². The summed E-state index contributed by atoms with van der Waals surface area (Å²) in [5, 5.41) is 2.53. The lowest BCUT2D eigenvalue weighted by atomic mass is 10.3. The van der Waals surface area contributed by atoms with Gasteiger partial charge in [0.15, 0.2) is 5.25 Å². The summed E-state index contributed by atoms with van der Waals surface area (Å²) in [5.41, 5.74) is 0. The molecule has 2 N–H and O–H groups in total. The standard InChI is InChI=1S/C4H5ClN2O4S/c5-12(10,11)2-1-6-4(9)7-3(2)8/h2H,1H2,(H2,6,7,8,9). The highest BCUT2D eigenvalue weighted by atomic mass is 35.7. The number of rotatable bonds is 1. The molecule has 0 aliphatic carbocycles. The normalized spacial score (nSPS) is 24.6. The Morgan fingerprint density at radius 3 is 2.42 bits per heavy atom. The summed E-state index contributed by atoms with van der Waals surface area (Å²) < 4.78 is 21.3. The van der Waals surface area contributed by atoms with Crippen LogP contribution in [0.15, 0.2) is 0 Å². The molecule has 0 aromatic carbocycles. The van der Waals surface area contributed by atoms with Crippen molar-refractivity contribution in [2.45, 2.75) is 5.25 Å². The van der Waals surface area contributed by atoms with E-state index in [0.717, 1.165) is 0 Å². The van der Waals surface area contributed by atoms with Gasteiger partial charge in [0, 0.05) is 17.2 Å². The number of imide groups is 1. The minimum absolute atomic E-state index is 0.281. The molecule has 1 heterocycles. The molecule has 1 unspecified atom stereocenters. The Hall–Kier alpha value is -0.820. The quantitative estimate of drug-likeness (QED) is 0.532. The maximum atomic E-state index is 10.8. The van der Waals surface area contributed by atoms with Gasteiger partial charge in [-0.05, 0) is 0 Å². The predicted molar refractivity (Wildman–Crippen MR) is 40.1 cm³/mol. The van der Waals surface area contributed by atoms with Crippen molar-refractivity contribution in [2.24, 2.45) is 0 Å². The third-order valence-corrected chi connectivity index (χ3v) is 3.02. The van der Waals surface area contributed by atoms with Crippen LogP contribution in [0.3, 0.4) is 0 Å². The number of carbonyl (C=O) groups is 2. The van der Waals surface area contributed by atoms with Crippen molar-refractivity contribution in [3.63, 3.8) is 0 Å². The van der Waals surface area contributed by atoms with Gasteiger partial charge in [-0.3, -0.25) is 10.1 Å². The van der Waals surface area contributed by atoms with E-state index in [1.54, 1.807) is 5.32 Å². The molecule has 68 valence electrons. The molecule has 1 aliphatic rings. The number of amides is 3. The van der Waals surface area contributed by atoms with Crippen molar-refractivity contribution >= 4 is 31.7 Å². The van der Waals surface area contributed by atoms with Crippen molar-refractivity contribution in [3.8, 4) is 0 Å². The first-order chi connectivity index (χ1) is 5.41. The Balaban J connectivity index is 2.83. The second kappa shape index (κ2) is 2.91. The molecular formula is C4H5ClN2O4S. The summed E-state index contributed by atoms with van der Waals surface area (Å²) in [4.78, 5) is 21.3. The van der Waals surface area contributed by atoms with Gasteiger partial charge in [0.05, 0.1) is 0 Å². The Morgan fingerprint density at radius 1 is 1.42 bits per heavy atom. The third kappa shape index (κ3) is 1.86. The van der Waals surface area contributed by atoms with Crippen molar-refractivity contribution in [2.75, 3.05) is 6.54 Å². The van der Waals surface area contributed by atoms with Gasteiger partial charge in [0.25, 0.3) is 0 Å². The Labute approximate surface area is 72.7 Å². The van der Waals surface area contributed by atoms with Crippen LogP contribution in [0.4, 0.5) is 4.79 Å². The summed E-state index contributed by atoms with van der Waals surface area (Å²) in [6.45, 7) is -0.281. The molecule has 6 nitrogen and oxygen atoms in total.